The molecule has 2 rings (SSSR count). The summed E-state index contributed by atoms with van der Waals surface area (Å²) in [5.41, 5.74) is 1.99. The molecule has 8 heteroatoms. The summed E-state index contributed by atoms with van der Waals surface area (Å²) in [5, 5.41) is 18.2. The monoisotopic (exact) mass is 414 g/mol. The zero-order chi connectivity index (χ0) is 21.2. The van der Waals surface area contributed by atoms with Crippen LogP contribution in [-0.2, 0) is 19.7 Å². The maximum Gasteiger partial charge on any atom is 0.200 e. The van der Waals surface area contributed by atoms with Crippen LogP contribution < -0.4 is 0 Å². The van der Waals surface area contributed by atoms with Crippen molar-refractivity contribution in [3.8, 4) is 12.1 Å². The fourth-order valence-corrected chi connectivity index (χ4v) is 3.68. The van der Waals surface area contributed by atoms with E-state index in [0.717, 1.165) is 34.1 Å². The Bertz CT molecular complexity index is 1050. The van der Waals surface area contributed by atoms with Gasteiger partial charge in [-0.2, -0.15) is 10.5 Å². The highest BCUT2D eigenvalue weighted by atomic mass is 32.2. The number of nitrogens with zero attached hydrogens (tertiary/aromatic N) is 2. The highest BCUT2D eigenvalue weighted by Crippen LogP contribution is 2.13. The van der Waals surface area contributed by atoms with Gasteiger partial charge in [0.2, 0.25) is 19.7 Å². The van der Waals surface area contributed by atoms with Crippen molar-refractivity contribution < 1.29 is 16.8 Å². The second kappa shape index (κ2) is 10.2. The number of nitriles is 2. The molecule has 0 aliphatic carbocycles. The molecule has 0 spiro atoms. The fraction of sp³-hybridized carbons (Fsp3) is 0.100. The Morgan fingerprint density at radius 2 is 0.929 bits per heavy atom. The maximum atomic E-state index is 11.5. The molecule has 0 aromatic heterocycles. The van der Waals surface area contributed by atoms with Crippen molar-refractivity contribution in [2.45, 2.75) is 23.6 Å². The summed E-state index contributed by atoms with van der Waals surface area (Å²) >= 11 is 0. The molecule has 0 saturated carbocycles. The van der Waals surface area contributed by atoms with Gasteiger partial charge in [0, 0.05) is 23.0 Å². The first-order valence-corrected chi connectivity index (χ1v) is 11.0. The number of rotatable bonds is 4. The quantitative estimate of drug-likeness (QED) is 0.706. The summed E-state index contributed by atoms with van der Waals surface area (Å²) in [6.07, 6.45) is 1.91. The zero-order valence-electron chi connectivity index (χ0n) is 15.3. The van der Waals surface area contributed by atoms with Gasteiger partial charge in [-0.3, -0.25) is 0 Å². The van der Waals surface area contributed by atoms with Gasteiger partial charge in [0.25, 0.3) is 0 Å². The summed E-state index contributed by atoms with van der Waals surface area (Å²) in [6.45, 7) is 3.75. The molecule has 0 unspecified atom stereocenters. The molecule has 0 aliphatic heterocycles. The van der Waals surface area contributed by atoms with Crippen LogP contribution in [-0.4, -0.2) is 16.8 Å². The predicted molar refractivity (Wildman–Crippen MR) is 106 cm³/mol. The van der Waals surface area contributed by atoms with Gasteiger partial charge in [-0.1, -0.05) is 35.4 Å². The van der Waals surface area contributed by atoms with Crippen molar-refractivity contribution in [3.05, 3.63) is 82.6 Å². The summed E-state index contributed by atoms with van der Waals surface area (Å²) in [5.74, 6) is 0. The van der Waals surface area contributed by atoms with E-state index in [1.165, 1.54) is 24.3 Å². The summed E-state index contributed by atoms with van der Waals surface area (Å²) in [6, 6.07) is 16.2. The smallest absolute Gasteiger partial charge is 0.200 e. The molecule has 144 valence electrons. The van der Waals surface area contributed by atoms with Gasteiger partial charge in [-0.15, -0.1) is 0 Å². The van der Waals surface area contributed by atoms with Gasteiger partial charge >= 0.3 is 0 Å². The lowest BCUT2D eigenvalue weighted by molar-refractivity contribution is 0.603. The molecule has 0 radical (unpaired) electrons. The number of hydrogen-bond acceptors (Lipinski definition) is 6. The van der Waals surface area contributed by atoms with E-state index in [1.807, 2.05) is 13.8 Å². The van der Waals surface area contributed by atoms with Crippen LogP contribution in [0, 0.1) is 36.5 Å². The van der Waals surface area contributed by atoms with Crippen LogP contribution >= 0.6 is 0 Å². The topological polar surface area (TPSA) is 116 Å². The highest BCUT2D eigenvalue weighted by Gasteiger charge is 2.09. The minimum atomic E-state index is -3.44. The first kappa shape index (κ1) is 22.8. The van der Waals surface area contributed by atoms with Crippen molar-refractivity contribution in [1.82, 2.24) is 0 Å². The number of sulfone groups is 2. The summed E-state index contributed by atoms with van der Waals surface area (Å²) in [4.78, 5) is 0.407. The number of aryl methyl sites for hydroxylation is 2. The molecule has 0 saturated heterocycles. The largest absolute Gasteiger partial charge is 0.219 e. The average molecular weight is 415 g/mol. The molecule has 0 heterocycles. The third-order valence-electron chi connectivity index (χ3n) is 3.34. The Kier molecular flexibility index (Phi) is 8.33. The molecule has 0 amide bonds. The first-order chi connectivity index (χ1) is 13.1. The van der Waals surface area contributed by atoms with Crippen LogP contribution in [0.4, 0.5) is 0 Å². The molecule has 0 atom stereocenters. The first-order valence-electron chi connectivity index (χ1n) is 7.88. The van der Waals surface area contributed by atoms with E-state index in [2.05, 4.69) is 0 Å². The van der Waals surface area contributed by atoms with Gasteiger partial charge < -0.3 is 0 Å². The molecule has 0 N–H and O–H groups in total. The molecule has 2 aromatic rings. The summed E-state index contributed by atoms with van der Waals surface area (Å²) in [7, 11) is -6.88. The lowest BCUT2D eigenvalue weighted by Gasteiger charge is -1.98. The minimum absolute atomic E-state index is 0.203. The second-order valence-corrected chi connectivity index (χ2v) is 9.25. The molecular weight excluding hydrogens is 396 g/mol. The van der Waals surface area contributed by atoms with E-state index in [9.17, 15) is 16.8 Å². The Morgan fingerprint density at radius 3 is 1.18 bits per heavy atom. The predicted octanol–water partition coefficient (Wildman–Crippen LogP) is 3.61. The van der Waals surface area contributed by atoms with E-state index in [-0.39, 0.29) is 9.79 Å². The van der Waals surface area contributed by atoms with Gasteiger partial charge in [-0.05, 0) is 38.1 Å². The zero-order valence-corrected chi connectivity index (χ0v) is 16.9. The van der Waals surface area contributed by atoms with Crippen molar-refractivity contribution in [2.75, 3.05) is 0 Å². The van der Waals surface area contributed by atoms with Gasteiger partial charge in [0.15, 0.2) is 0 Å². The van der Waals surface area contributed by atoms with Crippen LogP contribution in [0.1, 0.15) is 11.1 Å². The van der Waals surface area contributed by atoms with E-state index in [1.54, 1.807) is 36.4 Å². The third kappa shape index (κ3) is 7.20. The molecule has 0 fully saturated rings. The molecule has 2 aromatic carbocycles. The van der Waals surface area contributed by atoms with Crippen molar-refractivity contribution in [2.24, 2.45) is 0 Å². The van der Waals surface area contributed by atoms with Gasteiger partial charge in [0.1, 0.15) is 0 Å². The third-order valence-corrected chi connectivity index (χ3v) is 6.19. The van der Waals surface area contributed by atoms with Crippen molar-refractivity contribution in [1.29, 1.82) is 10.5 Å². The molecule has 6 nitrogen and oxygen atoms in total. The minimum Gasteiger partial charge on any atom is -0.219 e. The Balaban J connectivity index is 0.000000280. The average Bonchev–Trinajstić information content (AvgIpc) is 2.66. The lowest BCUT2D eigenvalue weighted by Crippen LogP contribution is -1.95. The van der Waals surface area contributed by atoms with E-state index < -0.39 is 19.7 Å². The van der Waals surface area contributed by atoms with Crippen LogP contribution in [0.25, 0.3) is 0 Å². The van der Waals surface area contributed by atoms with Crippen molar-refractivity contribution in [3.63, 3.8) is 0 Å². The standard InChI is InChI=1S/2C10H9NO2S/c2*1-9-3-5-10(6-4-9)14(12,13)8-2-7-11/h2*2-6,8H,1H3/b2*8-2+. The molecular formula is C20H18N2O4S2. The fourth-order valence-electron chi connectivity index (χ4n) is 1.85. The normalized spacial score (nSPS) is 11.4. The Hall–Kier alpha value is -3.20. The number of hydrogen-bond donors (Lipinski definition) is 0. The SMILES string of the molecule is Cc1ccc(S(=O)(=O)/C=C/C#N)cc1.Cc1ccc(S(=O)(=O)/C=C/C#N)cc1. The molecule has 0 aliphatic rings. The van der Waals surface area contributed by atoms with E-state index in [0.29, 0.717) is 0 Å². The number of benzene rings is 2. The van der Waals surface area contributed by atoms with E-state index >= 15 is 0 Å². The van der Waals surface area contributed by atoms with E-state index in [4.69, 9.17) is 10.5 Å². The van der Waals surface area contributed by atoms with Crippen LogP contribution in [0.2, 0.25) is 0 Å². The van der Waals surface area contributed by atoms with Crippen LogP contribution in [0.3, 0.4) is 0 Å². The maximum absolute atomic E-state index is 11.5. The van der Waals surface area contributed by atoms with Crippen LogP contribution in [0.5, 0.6) is 0 Å². The summed E-state index contributed by atoms with van der Waals surface area (Å²) < 4.78 is 45.9. The van der Waals surface area contributed by atoms with Crippen LogP contribution in [0.15, 0.2) is 81.3 Å². The Labute approximate surface area is 165 Å². The molecule has 0 bridgehead atoms. The number of allylic oxidation sites excluding steroid dienone is 2. The van der Waals surface area contributed by atoms with Crippen molar-refractivity contribution >= 4 is 19.7 Å². The van der Waals surface area contributed by atoms with Gasteiger partial charge in [-0.25, -0.2) is 16.8 Å². The Morgan fingerprint density at radius 1 is 0.643 bits per heavy atom. The molecule has 28 heavy (non-hydrogen) atoms. The highest BCUT2D eigenvalue weighted by molar-refractivity contribution is 7.94. The lowest BCUT2D eigenvalue weighted by atomic mass is 10.2. The second-order valence-electron chi connectivity index (χ2n) is 5.58. The van der Waals surface area contributed by atoms with Gasteiger partial charge in [0.05, 0.1) is 21.9 Å².